The second kappa shape index (κ2) is 6.00. The van der Waals surface area contributed by atoms with E-state index in [0.29, 0.717) is 24.7 Å². The summed E-state index contributed by atoms with van der Waals surface area (Å²) in [7, 11) is 4.09. The van der Waals surface area contributed by atoms with Gasteiger partial charge in [0.1, 0.15) is 0 Å². The molecule has 1 heterocycles. The molecule has 0 aliphatic carbocycles. The predicted octanol–water partition coefficient (Wildman–Crippen LogP) is 0.960. The molecule has 0 radical (unpaired) electrons. The molecule has 1 fully saturated rings. The summed E-state index contributed by atoms with van der Waals surface area (Å²) in [6.45, 7) is 4.46. The van der Waals surface area contributed by atoms with Gasteiger partial charge in [0, 0.05) is 30.3 Å². The number of nitrogens with zero attached hydrogens (tertiary/aromatic N) is 2. The maximum atomic E-state index is 12.1. The number of carbonyl (C=O) groups excluding carboxylic acids is 1. The van der Waals surface area contributed by atoms with Gasteiger partial charge < -0.3 is 14.9 Å². The molecule has 0 aromatic carbocycles. The molecule has 5 nitrogen and oxygen atoms in total. The monoisotopic (exact) mass is 254 g/mol. The smallest absolute Gasteiger partial charge is 0.331 e. The molecular weight excluding hydrogens is 232 g/mol. The van der Waals surface area contributed by atoms with Gasteiger partial charge in [-0.25, -0.2) is 4.79 Å². The van der Waals surface area contributed by atoms with Crippen LogP contribution in [0, 0.1) is 0 Å². The molecule has 5 heteroatoms. The third kappa shape index (κ3) is 3.32. The number of carboxylic acid groups (broad SMARTS) is 1. The van der Waals surface area contributed by atoms with Crippen molar-refractivity contribution in [3.63, 3.8) is 0 Å². The van der Waals surface area contributed by atoms with Crippen LogP contribution < -0.4 is 0 Å². The van der Waals surface area contributed by atoms with E-state index in [2.05, 4.69) is 4.90 Å². The van der Waals surface area contributed by atoms with E-state index in [1.54, 1.807) is 11.8 Å². The number of amides is 1. The van der Waals surface area contributed by atoms with E-state index in [1.807, 2.05) is 14.1 Å². The Labute approximate surface area is 108 Å². The SMILES string of the molecule is C/C(C(=O)O)=C(\C)C(=O)N1CCC(N(C)C)CC1. The maximum Gasteiger partial charge on any atom is 0.331 e. The fourth-order valence-electron chi connectivity index (χ4n) is 2.14. The summed E-state index contributed by atoms with van der Waals surface area (Å²) in [5.74, 6) is -1.17. The lowest BCUT2D eigenvalue weighted by Gasteiger charge is -2.35. The molecule has 0 unspecified atom stereocenters. The van der Waals surface area contributed by atoms with Crippen molar-refractivity contribution in [2.75, 3.05) is 27.2 Å². The third-order valence-corrected chi connectivity index (χ3v) is 3.69. The lowest BCUT2D eigenvalue weighted by molar-refractivity contribution is -0.134. The molecule has 18 heavy (non-hydrogen) atoms. The molecule has 0 bridgehead atoms. The van der Waals surface area contributed by atoms with Crippen molar-refractivity contribution in [3.05, 3.63) is 11.1 Å². The van der Waals surface area contributed by atoms with Crippen LogP contribution in [0.3, 0.4) is 0 Å². The maximum absolute atomic E-state index is 12.1. The Bertz CT molecular complexity index is 366. The number of hydrogen-bond acceptors (Lipinski definition) is 3. The van der Waals surface area contributed by atoms with E-state index in [-0.39, 0.29) is 11.5 Å². The lowest BCUT2D eigenvalue weighted by Crippen LogP contribution is -2.44. The number of aliphatic carboxylic acids is 1. The van der Waals surface area contributed by atoms with Crippen LogP contribution in [-0.4, -0.2) is 60.0 Å². The summed E-state index contributed by atoms with van der Waals surface area (Å²) < 4.78 is 0. The van der Waals surface area contributed by atoms with Crippen molar-refractivity contribution < 1.29 is 14.7 Å². The van der Waals surface area contributed by atoms with Gasteiger partial charge in [0.15, 0.2) is 0 Å². The van der Waals surface area contributed by atoms with E-state index < -0.39 is 5.97 Å². The Balaban J connectivity index is 2.66. The molecule has 1 aliphatic rings. The quantitative estimate of drug-likeness (QED) is 0.762. The summed E-state index contributed by atoms with van der Waals surface area (Å²) in [6, 6.07) is 0.513. The standard InChI is InChI=1S/C13H22N2O3/c1-9(10(2)13(17)18)12(16)15-7-5-11(6-8-15)14(3)4/h11H,5-8H2,1-4H3,(H,17,18)/b10-9-. The molecule has 0 atom stereocenters. The predicted molar refractivity (Wildman–Crippen MR) is 69.3 cm³/mol. The van der Waals surface area contributed by atoms with E-state index in [9.17, 15) is 9.59 Å². The van der Waals surface area contributed by atoms with Crippen molar-refractivity contribution in [1.29, 1.82) is 0 Å². The molecule has 1 N–H and O–H groups in total. The third-order valence-electron chi connectivity index (χ3n) is 3.69. The van der Waals surface area contributed by atoms with E-state index in [4.69, 9.17) is 5.11 Å². The topological polar surface area (TPSA) is 60.9 Å². The van der Waals surface area contributed by atoms with Gasteiger partial charge in [-0.05, 0) is 40.8 Å². The summed E-state index contributed by atoms with van der Waals surface area (Å²) in [5, 5.41) is 8.88. The van der Waals surface area contributed by atoms with Crippen LogP contribution in [0.2, 0.25) is 0 Å². The van der Waals surface area contributed by atoms with Crippen LogP contribution in [0.5, 0.6) is 0 Å². The average Bonchev–Trinajstić information content (AvgIpc) is 2.36. The number of hydrogen-bond donors (Lipinski definition) is 1. The fraction of sp³-hybridized carbons (Fsp3) is 0.692. The Hall–Kier alpha value is -1.36. The number of piperidine rings is 1. The van der Waals surface area contributed by atoms with Crippen molar-refractivity contribution in [2.24, 2.45) is 0 Å². The van der Waals surface area contributed by atoms with Crippen LogP contribution in [0.25, 0.3) is 0 Å². The van der Waals surface area contributed by atoms with Gasteiger partial charge in [-0.3, -0.25) is 4.79 Å². The summed E-state index contributed by atoms with van der Waals surface area (Å²) in [4.78, 5) is 26.9. The highest BCUT2D eigenvalue weighted by Crippen LogP contribution is 2.17. The van der Waals surface area contributed by atoms with Gasteiger partial charge in [-0.1, -0.05) is 0 Å². The van der Waals surface area contributed by atoms with Crippen LogP contribution in [0.1, 0.15) is 26.7 Å². The first-order valence-corrected chi connectivity index (χ1v) is 6.21. The molecule has 0 aromatic heterocycles. The zero-order chi connectivity index (χ0) is 13.9. The molecule has 0 saturated carbocycles. The van der Waals surface area contributed by atoms with Gasteiger partial charge in [0.2, 0.25) is 5.91 Å². The Morgan fingerprint density at radius 1 is 1.11 bits per heavy atom. The minimum absolute atomic E-state index is 0.134. The Morgan fingerprint density at radius 2 is 1.61 bits per heavy atom. The largest absolute Gasteiger partial charge is 0.478 e. The first kappa shape index (κ1) is 14.7. The Morgan fingerprint density at radius 3 is 2.00 bits per heavy atom. The van der Waals surface area contributed by atoms with Crippen LogP contribution in [0.4, 0.5) is 0 Å². The molecule has 1 saturated heterocycles. The van der Waals surface area contributed by atoms with Crippen molar-refractivity contribution in [1.82, 2.24) is 9.80 Å². The fourth-order valence-corrected chi connectivity index (χ4v) is 2.14. The van der Waals surface area contributed by atoms with Crippen molar-refractivity contribution in [2.45, 2.75) is 32.7 Å². The first-order valence-electron chi connectivity index (χ1n) is 6.21. The zero-order valence-electron chi connectivity index (χ0n) is 11.6. The minimum atomic E-state index is -1.02. The number of carbonyl (C=O) groups is 2. The highest BCUT2D eigenvalue weighted by Gasteiger charge is 2.25. The molecule has 1 amide bonds. The van der Waals surface area contributed by atoms with Crippen LogP contribution in [0.15, 0.2) is 11.1 Å². The lowest BCUT2D eigenvalue weighted by atomic mass is 10.0. The second-order valence-electron chi connectivity index (χ2n) is 5.04. The minimum Gasteiger partial charge on any atom is -0.478 e. The zero-order valence-corrected chi connectivity index (χ0v) is 11.6. The first-order chi connectivity index (χ1) is 8.34. The van der Waals surface area contributed by atoms with E-state index in [0.717, 1.165) is 12.8 Å². The average molecular weight is 254 g/mol. The highest BCUT2D eigenvalue weighted by atomic mass is 16.4. The van der Waals surface area contributed by atoms with Crippen LogP contribution >= 0.6 is 0 Å². The van der Waals surface area contributed by atoms with Crippen molar-refractivity contribution in [3.8, 4) is 0 Å². The van der Waals surface area contributed by atoms with Gasteiger partial charge >= 0.3 is 5.97 Å². The van der Waals surface area contributed by atoms with E-state index >= 15 is 0 Å². The van der Waals surface area contributed by atoms with Gasteiger partial charge in [0.25, 0.3) is 0 Å². The summed E-state index contributed by atoms with van der Waals surface area (Å²) in [5.41, 5.74) is 0.473. The summed E-state index contributed by atoms with van der Waals surface area (Å²) in [6.07, 6.45) is 1.89. The summed E-state index contributed by atoms with van der Waals surface area (Å²) >= 11 is 0. The molecule has 102 valence electrons. The molecule has 0 aromatic rings. The van der Waals surface area contributed by atoms with Gasteiger partial charge in [0.05, 0.1) is 0 Å². The normalized spacial score (nSPS) is 18.8. The van der Waals surface area contributed by atoms with Gasteiger partial charge in [-0.15, -0.1) is 0 Å². The molecule has 1 aliphatic heterocycles. The molecule has 0 spiro atoms. The Kier molecular flexibility index (Phi) is 4.90. The highest BCUT2D eigenvalue weighted by molar-refractivity contribution is 6.01. The van der Waals surface area contributed by atoms with Crippen LogP contribution in [-0.2, 0) is 9.59 Å². The van der Waals surface area contributed by atoms with Gasteiger partial charge in [-0.2, -0.15) is 0 Å². The molecular formula is C13H22N2O3. The molecule has 1 rings (SSSR count). The van der Waals surface area contributed by atoms with E-state index in [1.165, 1.54) is 6.92 Å². The second-order valence-corrected chi connectivity index (χ2v) is 5.04. The number of rotatable bonds is 3. The van der Waals surface area contributed by atoms with Crippen molar-refractivity contribution >= 4 is 11.9 Å². The number of likely N-dealkylation sites (tertiary alicyclic amines) is 1. The number of carboxylic acids is 1.